The first-order valence-electron chi connectivity index (χ1n) is 14.7. The third-order valence-corrected chi connectivity index (χ3v) is 9.12. The molecule has 8 nitrogen and oxygen atoms in total. The fourth-order valence-corrected chi connectivity index (χ4v) is 6.24. The molecule has 0 saturated carbocycles. The first-order valence-corrected chi connectivity index (χ1v) is 16.2. The van der Waals surface area contributed by atoms with E-state index in [-0.39, 0.29) is 29.5 Å². The van der Waals surface area contributed by atoms with Crippen molar-refractivity contribution >= 4 is 27.5 Å². The number of amides is 2. The van der Waals surface area contributed by atoms with Gasteiger partial charge in [0.25, 0.3) is 10.0 Å². The number of hydrogen-bond donors (Lipinski definition) is 1. The molecule has 10 heteroatoms. The lowest BCUT2D eigenvalue weighted by Crippen LogP contribution is -2.53. The summed E-state index contributed by atoms with van der Waals surface area (Å²) in [6, 6.07) is 26.7. The fraction of sp³-hybridized carbons (Fsp3) is 0.257. The van der Waals surface area contributed by atoms with Crippen molar-refractivity contribution in [3.63, 3.8) is 0 Å². The Morgan fingerprint density at radius 3 is 2.11 bits per heavy atom. The number of carbonyl (C=O) groups excluding carboxylic acids is 2. The highest BCUT2D eigenvalue weighted by atomic mass is 32.2. The van der Waals surface area contributed by atoms with Crippen molar-refractivity contribution in [1.29, 1.82) is 0 Å². The topological polar surface area (TPSA) is 96.0 Å². The zero-order valence-corrected chi connectivity index (χ0v) is 26.5. The molecular weight excluding hydrogens is 593 g/mol. The summed E-state index contributed by atoms with van der Waals surface area (Å²) >= 11 is 0. The summed E-state index contributed by atoms with van der Waals surface area (Å²) in [5, 5.41) is 2.90. The number of ether oxygens (including phenoxy) is 1. The molecule has 0 bridgehead atoms. The lowest BCUT2D eigenvalue weighted by molar-refractivity contribution is -0.140. The van der Waals surface area contributed by atoms with Gasteiger partial charge in [-0.2, -0.15) is 0 Å². The number of nitrogens with zero attached hydrogens (tertiary/aromatic N) is 2. The van der Waals surface area contributed by atoms with Crippen molar-refractivity contribution in [2.45, 2.75) is 44.2 Å². The first-order chi connectivity index (χ1) is 21.6. The van der Waals surface area contributed by atoms with E-state index in [9.17, 15) is 22.4 Å². The van der Waals surface area contributed by atoms with E-state index in [4.69, 9.17) is 4.74 Å². The van der Waals surface area contributed by atoms with Gasteiger partial charge in [0.1, 0.15) is 24.2 Å². The molecule has 0 unspecified atom stereocenters. The molecule has 4 rings (SSSR count). The van der Waals surface area contributed by atoms with Gasteiger partial charge in [-0.1, -0.05) is 67.1 Å². The zero-order chi connectivity index (χ0) is 32.4. The average molecular weight is 632 g/mol. The lowest BCUT2D eigenvalue weighted by Gasteiger charge is -2.34. The van der Waals surface area contributed by atoms with Crippen LogP contribution < -0.4 is 14.4 Å². The van der Waals surface area contributed by atoms with Crippen molar-refractivity contribution in [2.24, 2.45) is 0 Å². The number of nitrogens with one attached hydrogen (secondary N) is 1. The largest absolute Gasteiger partial charge is 0.497 e. The molecule has 0 radical (unpaired) electrons. The second-order valence-electron chi connectivity index (χ2n) is 10.7. The van der Waals surface area contributed by atoms with Gasteiger partial charge in [0.05, 0.1) is 17.7 Å². The van der Waals surface area contributed by atoms with Crippen LogP contribution in [-0.2, 0) is 32.6 Å². The van der Waals surface area contributed by atoms with Crippen LogP contribution in [0.25, 0.3) is 0 Å². The van der Waals surface area contributed by atoms with Gasteiger partial charge in [-0.05, 0) is 73.0 Å². The molecule has 2 amide bonds. The Kier molecular flexibility index (Phi) is 11.3. The molecule has 4 aromatic rings. The van der Waals surface area contributed by atoms with Crippen LogP contribution in [0.2, 0.25) is 0 Å². The molecule has 236 valence electrons. The molecule has 4 aromatic carbocycles. The standard InChI is InChI=1S/C35H38FN3O5S/c1-4-22-37-35(41)33(23-27-8-6-5-7-9-27)38(24-28-12-14-29(36)15-13-28)34(40)25-39(30-16-18-31(44-3)19-17-30)45(42,43)32-20-10-26(2)11-21-32/h5-21,33H,4,22-25H2,1-3H3,(H,37,41)/t33-/m1/s1. The maximum absolute atomic E-state index is 14.4. The third kappa shape index (κ3) is 8.69. The Hall–Kier alpha value is -4.70. The van der Waals surface area contributed by atoms with Gasteiger partial charge in [-0.25, -0.2) is 12.8 Å². The monoisotopic (exact) mass is 631 g/mol. The van der Waals surface area contributed by atoms with Gasteiger partial charge in [-0.15, -0.1) is 0 Å². The molecule has 1 atom stereocenters. The van der Waals surface area contributed by atoms with Crippen LogP contribution in [0.4, 0.5) is 10.1 Å². The van der Waals surface area contributed by atoms with E-state index in [0.717, 1.165) is 15.4 Å². The fourth-order valence-electron chi connectivity index (χ4n) is 4.82. The smallest absolute Gasteiger partial charge is 0.264 e. The number of carbonyl (C=O) groups is 2. The second-order valence-corrected chi connectivity index (χ2v) is 12.5. The van der Waals surface area contributed by atoms with Crippen molar-refractivity contribution in [2.75, 3.05) is 24.5 Å². The summed E-state index contributed by atoms with van der Waals surface area (Å²) in [6.07, 6.45) is 0.881. The number of anilines is 1. The van der Waals surface area contributed by atoms with Gasteiger partial charge in [0.15, 0.2) is 0 Å². The molecule has 0 aliphatic heterocycles. The minimum atomic E-state index is -4.22. The zero-order valence-electron chi connectivity index (χ0n) is 25.6. The van der Waals surface area contributed by atoms with Gasteiger partial charge in [-0.3, -0.25) is 13.9 Å². The van der Waals surface area contributed by atoms with Crippen LogP contribution in [-0.4, -0.2) is 51.4 Å². The Morgan fingerprint density at radius 1 is 0.867 bits per heavy atom. The summed E-state index contributed by atoms with van der Waals surface area (Å²) in [5.74, 6) is -0.883. The Morgan fingerprint density at radius 2 is 1.51 bits per heavy atom. The molecule has 0 aromatic heterocycles. The quantitative estimate of drug-likeness (QED) is 0.198. The maximum atomic E-state index is 14.4. The number of halogens is 1. The highest BCUT2D eigenvalue weighted by Crippen LogP contribution is 2.27. The van der Waals surface area contributed by atoms with Gasteiger partial charge < -0.3 is 15.0 Å². The van der Waals surface area contributed by atoms with Crippen LogP contribution in [0, 0.1) is 12.7 Å². The summed E-state index contributed by atoms with van der Waals surface area (Å²) in [5.41, 5.74) is 2.55. The van der Waals surface area contributed by atoms with Crippen LogP contribution >= 0.6 is 0 Å². The van der Waals surface area contributed by atoms with Crippen LogP contribution in [0.3, 0.4) is 0 Å². The predicted octanol–water partition coefficient (Wildman–Crippen LogP) is 5.50. The van der Waals surface area contributed by atoms with Crippen LogP contribution in [0.1, 0.15) is 30.0 Å². The van der Waals surface area contributed by atoms with E-state index in [2.05, 4.69) is 5.32 Å². The summed E-state index contributed by atoms with van der Waals surface area (Å²) < 4.78 is 48.3. The van der Waals surface area contributed by atoms with Crippen LogP contribution in [0.5, 0.6) is 5.75 Å². The van der Waals surface area contributed by atoms with E-state index < -0.39 is 34.3 Å². The van der Waals surface area contributed by atoms with E-state index in [1.54, 1.807) is 48.5 Å². The highest BCUT2D eigenvalue weighted by Gasteiger charge is 2.34. The van der Waals surface area contributed by atoms with E-state index in [1.165, 1.54) is 36.3 Å². The Balaban J connectivity index is 1.79. The van der Waals surface area contributed by atoms with Crippen molar-refractivity contribution in [3.8, 4) is 5.75 Å². The molecule has 0 fully saturated rings. The third-order valence-electron chi connectivity index (χ3n) is 7.33. The number of sulfonamides is 1. The molecule has 45 heavy (non-hydrogen) atoms. The maximum Gasteiger partial charge on any atom is 0.264 e. The van der Waals surface area contributed by atoms with Crippen molar-refractivity contribution in [3.05, 3.63) is 126 Å². The predicted molar refractivity (Wildman–Crippen MR) is 173 cm³/mol. The van der Waals surface area contributed by atoms with E-state index in [1.807, 2.05) is 44.2 Å². The van der Waals surface area contributed by atoms with Gasteiger partial charge in [0, 0.05) is 19.5 Å². The Labute approximate surface area is 264 Å². The average Bonchev–Trinajstić information content (AvgIpc) is 3.05. The Bertz CT molecular complexity index is 1660. The molecule has 0 spiro atoms. The second kappa shape index (κ2) is 15.3. The van der Waals surface area contributed by atoms with E-state index in [0.29, 0.717) is 24.3 Å². The van der Waals surface area contributed by atoms with E-state index >= 15 is 0 Å². The number of hydrogen-bond acceptors (Lipinski definition) is 5. The summed E-state index contributed by atoms with van der Waals surface area (Å²) in [7, 11) is -2.72. The molecule has 0 heterocycles. The lowest BCUT2D eigenvalue weighted by atomic mass is 10.0. The van der Waals surface area contributed by atoms with Crippen molar-refractivity contribution in [1.82, 2.24) is 10.2 Å². The molecule has 1 N–H and O–H groups in total. The number of benzene rings is 4. The normalized spacial score (nSPS) is 11.8. The number of rotatable bonds is 14. The minimum Gasteiger partial charge on any atom is -0.497 e. The summed E-state index contributed by atoms with van der Waals surface area (Å²) in [4.78, 5) is 29.5. The number of methoxy groups -OCH3 is 1. The van der Waals surface area contributed by atoms with Gasteiger partial charge in [0.2, 0.25) is 11.8 Å². The van der Waals surface area contributed by atoms with Gasteiger partial charge >= 0.3 is 0 Å². The summed E-state index contributed by atoms with van der Waals surface area (Å²) in [6.45, 7) is 3.55. The minimum absolute atomic E-state index is 0.0170. The first kappa shape index (κ1) is 33.2. The SMILES string of the molecule is CCCNC(=O)[C@@H](Cc1ccccc1)N(Cc1ccc(F)cc1)C(=O)CN(c1ccc(OC)cc1)S(=O)(=O)c1ccc(C)cc1. The molecular formula is C35H38FN3O5S. The van der Waals surface area contributed by atoms with Crippen LogP contribution in [0.15, 0.2) is 108 Å². The molecule has 0 aliphatic rings. The highest BCUT2D eigenvalue weighted by molar-refractivity contribution is 7.92. The van der Waals surface area contributed by atoms with Crippen molar-refractivity contribution < 1.29 is 27.1 Å². The molecule has 0 aliphatic carbocycles. The molecule has 0 saturated heterocycles. The number of aryl methyl sites for hydroxylation is 1.